The minimum atomic E-state index is -0.329. The summed E-state index contributed by atoms with van der Waals surface area (Å²) in [6.45, 7) is 2.27. The fraction of sp³-hybridized carbons (Fsp3) is 0.429. The van der Waals surface area contributed by atoms with E-state index in [1.807, 2.05) is 29.6 Å². The second-order valence-corrected chi connectivity index (χ2v) is 8.16. The van der Waals surface area contributed by atoms with Gasteiger partial charge in [-0.25, -0.2) is 5.01 Å². The predicted molar refractivity (Wildman–Crippen MR) is 110 cm³/mol. The molecule has 0 aliphatic carbocycles. The van der Waals surface area contributed by atoms with E-state index in [0.29, 0.717) is 24.3 Å². The van der Waals surface area contributed by atoms with Gasteiger partial charge in [0, 0.05) is 12.0 Å². The molecule has 2 aliphatic heterocycles. The maximum Gasteiger partial charge on any atom is 0.257 e. The van der Waals surface area contributed by atoms with Crippen LogP contribution in [0.25, 0.3) is 0 Å². The molecule has 0 saturated carbocycles. The molecule has 3 heterocycles. The van der Waals surface area contributed by atoms with Crippen molar-refractivity contribution in [2.75, 3.05) is 26.7 Å². The molecule has 0 bridgehead atoms. The van der Waals surface area contributed by atoms with E-state index in [2.05, 4.69) is 10.0 Å². The molecular formula is C21H25N3O3S. The minimum Gasteiger partial charge on any atom is -0.504 e. The second kappa shape index (κ2) is 8.32. The van der Waals surface area contributed by atoms with Crippen molar-refractivity contribution in [1.29, 1.82) is 0 Å². The summed E-state index contributed by atoms with van der Waals surface area (Å²) >= 11 is 1.61. The molecule has 0 spiro atoms. The molecule has 2 aliphatic rings. The normalized spacial score (nSPS) is 20.2. The van der Waals surface area contributed by atoms with Gasteiger partial charge in [-0.05, 0) is 43.4 Å². The lowest BCUT2D eigenvalue weighted by Gasteiger charge is -2.29. The van der Waals surface area contributed by atoms with E-state index in [1.54, 1.807) is 22.4 Å². The van der Waals surface area contributed by atoms with E-state index in [0.717, 1.165) is 36.5 Å². The van der Waals surface area contributed by atoms with Crippen LogP contribution in [0.4, 0.5) is 0 Å². The molecule has 148 valence electrons. The van der Waals surface area contributed by atoms with Crippen LogP contribution in [0.5, 0.6) is 11.5 Å². The fourth-order valence-corrected chi connectivity index (χ4v) is 4.65. The third-order valence-electron chi connectivity index (χ3n) is 5.39. The van der Waals surface area contributed by atoms with Crippen LogP contribution < -0.4 is 4.74 Å². The highest BCUT2D eigenvalue weighted by molar-refractivity contribution is 7.12. The number of thiophene rings is 1. The van der Waals surface area contributed by atoms with Crippen LogP contribution in [0.15, 0.2) is 40.8 Å². The monoisotopic (exact) mass is 399 g/mol. The third kappa shape index (κ3) is 3.77. The van der Waals surface area contributed by atoms with E-state index >= 15 is 0 Å². The van der Waals surface area contributed by atoms with Gasteiger partial charge >= 0.3 is 0 Å². The maximum absolute atomic E-state index is 13.1. The topological polar surface area (TPSA) is 65.4 Å². The van der Waals surface area contributed by atoms with Crippen molar-refractivity contribution in [3.8, 4) is 11.5 Å². The molecule has 1 N–H and O–H groups in total. The Morgan fingerprint density at radius 3 is 2.79 bits per heavy atom. The van der Waals surface area contributed by atoms with E-state index < -0.39 is 0 Å². The molecule has 7 heteroatoms. The first kappa shape index (κ1) is 19.0. The van der Waals surface area contributed by atoms with Crippen molar-refractivity contribution in [3.05, 3.63) is 46.2 Å². The Kier molecular flexibility index (Phi) is 5.64. The van der Waals surface area contributed by atoms with E-state index in [9.17, 15) is 9.90 Å². The Morgan fingerprint density at radius 1 is 1.25 bits per heavy atom. The largest absolute Gasteiger partial charge is 0.504 e. The van der Waals surface area contributed by atoms with Crippen LogP contribution in [0.3, 0.4) is 0 Å². The number of piperidine rings is 1. The zero-order chi connectivity index (χ0) is 19.5. The standard InChI is InChI=1S/C21H25N3O3S/c1-27-18-8-5-7-15(21(18)26)17-13-16(19-9-6-12-28-19)22-24(17)20(25)14-23-10-3-2-4-11-23/h5-9,12,17,26H,2-4,10-11,13-14H2,1H3/t17-/m0/s1. The van der Waals surface area contributed by atoms with Gasteiger partial charge in [0.05, 0.1) is 30.3 Å². The summed E-state index contributed by atoms with van der Waals surface area (Å²) in [5.41, 5.74) is 1.55. The minimum absolute atomic E-state index is 0.0272. The van der Waals surface area contributed by atoms with E-state index in [4.69, 9.17) is 4.74 Å². The molecule has 1 fully saturated rings. The number of amides is 1. The molecule has 0 radical (unpaired) electrons. The first-order valence-electron chi connectivity index (χ1n) is 9.69. The summed E-state index contributed by atoms with van der Waals surface area (Å²) < 4.78 is 5.26. The van der Waals surface area contributed by atoms with E-state index in [1.165, 1.54) is 13.5 Å². The number of carbonyl (C=O) groups excluding carboxylic acids is 1. The van der Waals surface area contributed by atoms with Gasteiger partial charge in [-0.3, -0.25) is 9.69 Å². The van der Waals surface area contributed by atoms with Gasteiger partial charge in [-0.1, -0.05) is 24.6 Å². The number of phenols is 1. The van der Waals surface area contributed by atoms with Crippen molar-refractivity contribution >= 4 is 23.0 Å². The van der Waals surface area contributed by atoms with Crippen LogP contribution in [0.2, 0.25) is 0 Å². The molecule has 2 aromatic rings. The van der Waals surface area contributed by atoms with Crippen molar-refractivity contribution in [1.82, 2.24) is 9.91 Å². The molecular weight excluding hydrogens is 374 g/mol. The number of hydrogen-bond acceptors (Lipinski definition) is 6. The van der Waals surface area contributed by atoms with Crippen LogP contribution in [-0.4, -0.2) is 53.4 Å². The van der Waals surface area contributed by atoms with Gasteiger partial charge in [0.1, 0.15) is 0 Å². The van der Waals surface area contributed by atoms with Gasteiger partial charge in [-0.15, -0.1) is 11.3 Å². The van der Waals surface area contributed by atoms with E-state index in [-0.39, 0.29) is 17.7 Å². The highest BCUT2D eigenvalue weighted by atomic mass is 32.1. The number of hydrogen-bond donors (Lipinski definition) is 1. The van der Waals surface area contributed by atoms with Crippen LogP contribution >= 0.6 is 11.3 Å². The van der Waals surface area contributed by atoms with Crippen molar-refractivity contribution in [2.24, 2.45) is 5.10 Å². The number of nitrogens with zero attached hydrogens (tertiary/aromatic N) is 3. The Bertz CT molecular complexity index is 860. The van der Waals surface area contributed by atoms with Crippen molar-refractivity contribution < 1.29 is 14.6 Å². The quantitative estimate of drug-likeness (QED) is 0.834. The lowest BCUT2D eigenvalue weighted by molar-refractivity contribution is -0.134. The van der Waals surface area contributed by atoms with Gasteiger partial charge in [0.15, 0.2) is 11.5 Å². The van der Waals surface area contributed by atoms with Crippen LogP contribution in [-0.2, 0) is 4.79 Å². The highest BCUT2D eigenvalue weighted by Gasteiger charge is 2.36. The number of benzene rings is 1. The zero-order valence-electron chi connectivity index (χ0n) is 16.0. The molecule has 1 aromatic heterocycles. The van der Waals surface area contributed by atoms with Gasteiger partial charge < -0.3 is 9.84 Å². The number of phenolic OH excluding ortho intramolecular Hbond substituents is 1. The molecule has 0 unspecified atom stereocenters. The summed E-state index contributed by atoms with van der Waals surface area (Å²) in [6, 6.07) is 9.07. The Labute approximate surface area is 169 Å². The number of methoxy groups -OCH3 is 1. The lowest BCUT2D eigenvalue weighted by Crippen LogP contribution is -2.40. The summed E-state index contributed by atoms with van der Waals surface area (Å²) in [4.78, 5) is 16.4. The number of aromatic hydroxyl groups is 1. The first-order chi connectivity index (χ1) is 13.7. The fourth-order valence-electron chi connectivity index (χ4n) is 3.93. The number of carbonyl (C=O) groups is 1. The number of likely N-dealkylation sites (tertiary alicyclic amines) is 1. The molecule has 28 heavy (non-hydrogen) atoms. The molecule has 6 nitrogen and oxygen atoms in total. The predicted octanol–water partition coefficient (Wildman–Crippen LogP) is 3.63. The summed E-state index contributed by atoms with van der Waals surface area (Å²) in [5, 5.41) is 18.9. The average Bonchev–Trinajstić information content (AvgIpc) is 3.39. The third-order valence-corrected chi connectivity index (χ3v) is 6.31. The SMILES string of the molecule is COc1cccc([C@@H]2CC(c3cccs3)=NN2C(=O)CN2CCCCC2)c1O. The first-order valence-corrected chi connectivity index (χ1v) is 10.6. The summed E-state index contributed by atoms with van der Waals surface area (Å²) in [5.74, 6) is 0.458. The molecule has 1 atom stereocenters. The van der Waals surface area contributed by atoms with Crippen molar-refractivity contribution in [3.63, 3.8) is 0 Å². The number of rotatable bonds is 5. The number of hydrazone groups is 1. The number of ether oxygens (including phenoxy) is 1. The molecule has 1 saturated heterocycles. The van der Waals surface area contributed by atoms with Gasteiger partial charge in [-0.2, -0.15) is 5.10 Å². The van der Waals surface area contributed by atoms with Gasteiger partial charge in [0.25, 0.3) is 5.91 Å². The Balaban J connectivity index is 1.63. The Hall–Kier alpha value is -2.38. The second-order valence-electron chi connectivity index (χ2n) is 7.22. The summed E-state index contributed by atoms with van der Waals surface area (Å²) in [6.07, 6.45) is 4.08. The van der Waals surface area contributed by atoms with Crippen LogP contribution in [0, 0.1) is 0 Å². The average molecular weight is 400 g/mol. The lowest BCUT2D eigenvalue weighted by atomic mass is 9.99. The summed E-state index contributed by atoms with van der Waals surface area (Å²) in [7, 11) is 1.53. The van der Waals surface area contributed by atoms with Crippen LogP contribution in [0.1, 0.15) is 42.2 Å². The Morgan fingerprint density at radius 2 is 2.07 bits per heavy atom. The molecule has 1 aromatic carbocycles. The van der Waals surface area contributed by atoms with Gasteiger partial charge in [0.2, 0.25) is 0 Å². The molecule has 4 rings (SSSR count). The highest BCUT2D eigenvalue weighted by Crippen LogP contribution is 2.41. The maximum atomic E-state index is 13.1. The smallest absolute Gasteiger partial charge is 0.257 e. The number of para-hydroxylation sites is 1. The molecule has 1 amide bonds. The van der Waals surface area contributed by atoms with Crippen molar-refractivity contribution in [2.45, 2.75) is 31.7 Å². The zero-order valence-corrected chi connectivity index (χ0v) is 16.8.